The summed E-state index contributed by atoms with van der Waals surface area (Å²) in [5, 5.41) is 19.8. The Labute approximate surface area is 513 Å². The molecule has 2 fully saturated rings. The van der Waals surface area contributed by atoms with Crippen molar-refractivity contribution in [3.8, 4) is 23.1 Å². The van der Waals surface area contributed by atoms with E-state index in [0.717, 1.165) is 23.1 Å². The summed E-state index contributed by atoms with van der Waals surface area (Å²) in [6.07, 6.45) is 3.79. The number of carbonyl (C=O) groups is 3. The lowest BCUT2D eigenvalue weighted by Crippen LogP contribution is -2.53. The minimum Gasteiger partial charge on any atom is -0.493 e. The van der Waals surface area contributed by atoms with Crippen molar-refractivity contribution < 1.29 is 33.0 Å². The van der Waals surface area contributed by atoms with Gasteiger partial charge < -0.3 is 34.6 Å². The van der Waals surface area contributed by atoms with Crippen LogP contribution in [0.2, 0.25) is 10.0 Å². The Morgan fingerprint density at radius 1 is 0.895 bits per heavy atom. The number of nitrogens with two attached hydrogens (primary N) is 1. The zero-order valence-electron chi connectivity index (χ0n) is 50.2. The lowest BCUT2D eigenvalue weighted by atomic mass is 9.77. The number of amides is 3. The van der Waals surface area contributed by atoms with Gasteiger partial charge in [0, 0.05) is 87.2 Å². The molecule has 6 aromatic rings. The van der Waals surface area contributed by atoms with E-state index in [1.54, 1.807) is 11.7 Å². The van der Waals surface area contributed by atoms with Gasteiger partial charge in [-0.25, -0.2) is 19.2 Å². The number of aromatic nitrogens is 4. The minimum absolute atomic E-state index is 0.00609. The van der Waals surface area contributed by atoms with Crippen LogP contribution in [-0.2, 0) is 38.3 Å². The Bertz CT molecular complexity index is 3470. The average Bonchev–Trinajstić information content (AvgIpc) is 2.14. The van der Waals surface area contributed by atoms with Gasteiger partial charge in [-0.05, 0) is 115 Å². The second kappa shape index (κ2) is 27.9. The Kier molecular flexibility index (Phi) is 20.5. The number of hydrogen-bond acceptors (Lipinski definition) is 14. The molecule has 3 N–H and O–H groups in total. The molecule has 0 radical (unpaired) electrons. The molecule has 9 rings (SSSR count). The number of nitrogens with one attached hydrogen (secondary N) is 1. The second-order valence-corrected chi connectivity index (χ2v) is 24.2. The van der Waals surface area contributed by atoms with Crippen LogP contribution in [0, 0.1) is 17.1 Å². The monoisotopic (exact) mass is 1210 g/mol. The number of piperazine rings is 1. The van der Waals surface area contributed by atoms with E-state index in [2.05, 4.69) is 62.0 Å². The summed E-state index contributed by atoms with van der Waals surface area (Å²) in [5.74, 6) is 0.664. The molecule has 18 nitrogen and oxygen atoms in total. The summed E-state index contributed by atoms with van der Waals surface area (Å²) in [6.45, 7) is 18.2. The van der Waals surface area contributed by atoms with Crippen molar-refractivity contribution in [1.29, 1.82) is 5.26 Å². The molecule has 454 valence electrons. The van der Waals surface area contributed by atoms with Crippen LogP contribution >= 0.6 is 23.2 Å². The van der Waals surface area contributed by atoms with Gasteiger partial charge in [0.15, 0.2) is 11.6 Å². The molecule has 0 saturated carbocycles. The van der Waals surface area contributed by atoms with Crippen LogP contribution in [-0.4, -0.2) is 137 Å². The van der Waals surface area contributed by atoms with E-state index in [4.69, 9.17) is 58.2 Å². The molecule has 5 heterocycles. The molecule has 2 bridgehead atoms. The molecule has 0 spiro atoms. The van der Waals surface area contributed by atoms with Gasteiger partial charge in [0.05, 0.1) is 79.9 Å². The van der Waals surface area contributed by atoms with Gasteiger partial charge in [0.25, 0.3) is 5.91 Å². The maximum Gasteiger partial charge on any atom is 0.323 e. The van der Waals surface area contributed by atoms with Crippen LogP contribution in [0.3, 0.4) is 0 Å². The molecule has 3 aliphatic heterocycles. The highest BCUT2D eigenvalue weighted by Crippen LogP contribution is 2.44. The van der Waals surface area contributed by atoms with Gasteiger partial charge in [-0.2, -0.15) is 10.4 Å². The fourth-order valence-electron chi connectivity index (χ4n) is 11.5. The number of rotatable bonds is 20. The topological polar surface area (TPSA) is 210 Å². The van der Waals surface area contributed by atoms with Gasteiger partial charge in [0.2, 0.25) is 0 Å². The number of nitrogen functional groups attached to an aromatic ring is 1. The first kappa shape index (κ1) is 63.0. The summed E-state index contributed by atoms with van der Waals surface area (Å²) in [5.41, 5.74) is 11.5. The highest BCUT2D eigenvalue weighted by Gasteiger charge is 2.38. The summed E-state index contributed by atoms with van der Waals surface area (Å²) >= 11 is 12.8. The fourth-order valence-corrected chi connectivity index (χ4v) is 11.7. The molecule has 21 heteroatoms. The summed E-state index contributed by atoms with van der Waals surface area (Å²) in [6, 6.07) is 27.4. The van der Waals surface area contributed by atoms with E-state index in [9.17, 15) is 24.0 Å². The lowest BCUT2D eigenvalue weighted by molar-refractivity contribution is -0.120. The molecule has 2 aromatic heterocycles. The molecule has 0 aliphatic carbocycles. The highest BCUT2D eigenvalue weighted by molar-refractivity contribution is 6.30. The number of hydrogen-bond donors (Lipinski definition) is 2. The van der Waals surface area contributed by atoms with Crippen molar-refractivity contribution in [2.24, 2.45) is 4.99 Å². The van der Waals surface area contributed by atoms with Crippen LogP contribution in [0.15, 0.2) is 96.1 Å². The van der Waals surface area contributed by atoms with Crippen molar-refractivity contribution in [2.45, 2.75) is 110 Å². The summed E-state index contributed by atoms with van der Waals surface area (Å²) < 4.78 is 34.3. The predicted octanol–water partition coefficient (Wildman–Crippen LogP) is 11.1. The zero-order valence-corrected chi connectivity index (χ0v) is 51.7. The number of benzene rings is 4. The van der Waals surface area contributed by atoms with E-state index in [-0.39, 0.29) is 79.1 Å². The van der Waals surface area contributed by atoms with Crippen LogP contribution < -0.4 is 20.7 Å². The van der Waals surface area contributed by atoms with Crippen LogP contribution in [0.4, 0.5) is 20.8 Å². The smallest absolute Gasteiger partial charge is 0.323 e. The molecule has 0 unspecified atom stereocenters. The van der Waals surface area contributed by atoms with Crippen molar-refractivity contribution in [3.05, 3.63) is 152 Å². The number of nitriles is 1. The molecule has 3 aliphatic rings. The Hall–Kier alpha value is -7.47. The third-order valence-electron chi connectivity index (χ3n) is 16.6. The predicted molar refractivity (Wildman–Crippen MR) is 332 cm³/mol. The molecular formula is C65H77Cl2FN12O6. The summed E-state index contributed by atoms with van der Waals surface area (Å²) in [4.78, 5) is 64.0. The van der Waals surface area contributed by atoms with Gasteiger partial charge in [-0.1, -0.05) is 81.2 Å². The van der Waals surface area contributed by atoms with Gasteiger partial charge in [-0.15, -0.1) is 0 Å². The van der Waals surface area contributed by atoms with Gasteiger partial charge in [-0.3, -0.25) is 29.5 Å². The maximum absolute atomic E-state index is 14.8. The SMILES string of the molecule is CCOc1cc(C(C)(C)C)ccc1C(=N[C@@](C)(c1ccc(Cl)cc1)[C@@H](C)c1ccc(Cl)cc1)NC(=O)N1CCN(CCOCCOCCC(=O)CCCn2nc3c(c2C#N)-c2cnc(N)c(n2)N2CCC[C@@H]2c2cc(F)ccc2C(=O)N(C)C3)CC1. The van der Waals surface area contributed by atoms with Crippen molar-refractivity contribution in [3.63, 3.8) is 0 Å². The Balaban J connectivity index is 0.753. The fraction of sp³-hybridized carbons (Fsp3) is 0.446. The van der Waals surface area contributed by atoms with Crippen molar-refractivity contribution in [1.82, 2.24) is 39.8 Å². The molecule has 3 atom stereocenters. The third-order valence-corrected chi connectivity index (χ3v) is 17.1. The van der Waals surface area contributed by atoms with Crippen LogP contribution in [0.1, 0.15) is 135 Å². The van der Waals surface area contributed by atoms with E-state index >= 15 is 0 Å². The first-order valence-electron chi connectivity index (χ1n) is 29.5. The van der Waals surface area contributed by atoms with Crippen molar-refractivity contribution >= 4 is 58.4 Å². The number of ether oxygens (including phenoxy) is 3. The highest BCUT2D eigenvalue weighted by atomic mass is 35.5. The normalized spacial score (nSPS) is 16.7. The third kappa shape index (κ3) is 14.7. The molecule has 86 heavy (non-hydrogen) atoms. The van der Waals surface area contributed by atoms with Crippen molar-refractivity contribution in [2.75, 3.05) is 90.0 Å². The second-order valence-electron chi connectivity index (χ2n) is 23.4. The number of aliphatic imine (C=N–C) groups is 1. The van der Waals surface area contributed by atoms with E-state index in [1.807, 2.05) is 77.4 Å². The van der Waals surface area contributed by atoms with Gasteiger partial charge >= 0.3 is 6.03 Å². The number of anilines is 2. The number of halogens is 3. The number of Topliss-reactive ketones (excluding diaryl/α,β-unsaturated/α-hetero) is 1. The van der Waals surface area contributed by atoms with Gasteiger partial charge in [0.1, 0.15) is 34.9 Å². The number of nitrogens with zero attached hydrogens (tertiary/aromatic N) is 10. The molecule has 2 saturated heterocycles. The van der Waals surface area contributed by atoms with Crippen LogP contribution in [0.5, 0.6) is 5.75 Å². The quantitative estimate of drug-likeness (QED) is 0.0415. The van der Waals surface area contributed by atoms with E-state index in [1.165, 1.54) is 29.3 Å². The number of urea groups is 1. The zero-order chi connectivity index (χ0) is 61.3. The number of fused-ring (bicyclic) bond motifs is 8. The first-order chi connectivity index (χ1) is 41.3. The summed E-state index contributed by atoms with van der Waals surface area (Å²) in [7, 11) is 1.65. The number of carbonyl (C=O) groups excluding carboxylic acids is 3. The standard InChI is InChI=1S/C65H77Cl2FN12O6/c1-8-86-57-37-45(64(3,4)5)17-23-51(57)60(74-65(6,44-15-20-47(67)21-16-44)42(2)43-13-18-46(66)19-14-43)73-63(83)78-30-28-77(29-31-78)32-34-85-36-35-84-33-25-49(81)11-9-27-80-56(39-69)58-53-40-71-59(70)61(72-53)79-26-10-12-55(79)52-38-48(68)22-24-50(52)62(82)76(7)41-54(58)75-80/h13-24,37-38,40,42,55H,8-12,25-36,41H2,1-7H3,(H2,70,71)(H,73,74,83)/t42-,55+,65+/m0/s1. The number of ketones is 1. The van der Waals surface area contributed by atoms with E-state index in [0.29, 0.717) is 140 Å². The maximum atomic E-state index is 14.8. The van der Waals surface area contributed by atoms with Crippen LogP contribution in [0.25, 0.3) is 11.3 Å². The lowest BCUT2D eigenvalue weighted by Gasteiger charge is -2.36. The largest absolute Gasteiger partial charge is 0.493 e. The molecule has 4 aromatic carbocycles. The number of aryl methyl sites for hydroxylation is 1. The molecular weight excluding hydrogens is 1130 g/mol. The molecule has 3 amide bonds. The Morgan fingerprint density at radius 2 is 1.59 bits per heavy atom. The Morgan fingerprint density at radius 3 is 2.29 bits per heavy atom. The number of amidine groups is 1. The minimum atomic E-state index is -0.894. The van der Waals surface area contributed by atoms with E-state index < -0.39 is 11.4 Å². The average molecular weight is 1210 g/mol. The first-order valence-corrected chi connectivity index (χ1v) is 30.3.